The highest BCUT2D eigenvalue weighted by atomic mass is 16.6. The molecule has 0 radical (unpaired) electrons. The van der Waals surface area contributed by atoms with E-state index >= 15 is 0 Å². The van der Waals surface area contributed by atoms with E-state index in [0.29, 0.717) is 49.3 Å². The van der Waals surface area contributed by atoms with Gasteiger partial charge in [0.05, 0.1) is 11.9 Å². The first-order valence-electron chi connectivity index (χ1n) is 13.4. The minimum Gasteiger partial charge on any atom is -0.444 e. The van der Waals surface area contributed by atoms with Gasteiger partial charge in [0.15, 0.2) is 5.65 Å². The zero-order valence-electron chi connectivity index (χ0n) is 23.3. The van der Waals surface area contributed by atoms with Crippen molar-refractivity contribution in [1.29, 1.82) is 0 Å². The molecule has 0 aromatic carbocycles. The number of rotatable bonds is 5. The van der Waals surface area contributed by atoms with Gasteiger partial charge >= 0.3 is 6.09 Å². The van der Waals surface area contributed by atoms with E-state index in [2.05, 4.69) is 25.2 Å². The SMILES string of the molecule is CN(C)C(=O)c1cc2cnc(Nc3ccc(N4CCN(C(=O)OC(C)(C)C)CC4)cn3)nc2n1N1CCCC1. The fourth-order valence-electron chi connectivity index (χ4n) is 4.84. The van der Waals surface area contributed by atoms with Gasteiger partial charge in [-0.25, -0.2) is 19.4 Å². The largest absolute Gasteiger partial charge is 0.444 e. The monoisotopic (exact) mass is 535 g/mol. The molecule has 0 saturated carbocycles. The highest BCUT2D eigenvalue weighted by Crippen LogP contribution is 2.24. The lowest BCUT2D eigenvalue weighted by molar-refractivity contribution is 0.0240. The molecule has 39 heavy (non-hydrogen) atoms. The van der Waals surface area contributed by atoms with Crippen LogP contribution in [-0.2, 0) is 4.74 Å². The second-order valence-corrected chi connectivity index (χ2v) is 11.2. The van der Waals surface area contributed by atoms with E-state index in [9.17, 15) is 9.59 Å². The van der Waals surface area contributed by atoms with E-state index in [1.807, 2.05) is 49.8 Å². The van der Waals surface area contributed by atoms with Gasteiger partial charge in [-0.1, -0.05) is 0 Å². The van der Waals surface area contributed by atoms with Crippen molar-refractivity contribution < 1.29 is 14.3 Å². The van der Waals surface area contributed by atoms with Gasteiger partial charge in [0.2, 0.25) is 5.95 Å². The molecule has 3 aromatic rings. The summed E-state index contributed by atoms with van der Waals surface area (Å²) in [6, 6.07) is 5.75. The van der Waals surface area contributed by atoms with E-state index in [4.69, 9.17) is 9.72 Å². The summed E-state index contributed by atoms with van der Waals surface area (Å²) in [5.74, 6) is 0.962. The third kappa shape index (κ3) is 5.84. The molecule has 0 bridgehead atoms. The summed E-state index contributed by atoms with van der Waals surface area (Å²) < 4.78 is 7.43. The van der Waals surface area contributed by atoms with Crippen LogP contribution in [0, 0.1) is 0 Å². The maximum absolute atomic E-state index is 12.9. The maximum Gasteiger partial charge on any atom is 0.410 e. The minimum absolute atomic E-state index is 0.0707. The number of hydrogen-bond acceptors (Lipinski definition) is 9. The van der Waals surface area contributed by atoms with Gasteiger partial charge in [-0.3, -0.25) is 4.79 Å². The van der Waals surface area contributed by atoms with Crippen LogP contribution >= 0.6 is 0 Å². The highest BCUT2D eigenvalue weighted by Gasteiger charge is 2.27. The quantitative estimate of drug-likeness (QED) is 0.527. The van der Waals surface area contributed by atoms with Crippen LogP contribution in [0.4, 0.5) is 22.2 Å². The number of pyridine rings is 1. The van der Waals surface area contributed by atoms with Crippen LogP contribution in [0.2, 0.25) is 0 Å². The zero-order valence-corrected chi connectivity index (χ0v) is 23.3. The first-order chi connectivity index (χ1) is 18.6. The second kappa shape index (κ2) is 10.6. The van der Waals surface area contributed by atoms with Crippen LogP contribution in [0.25, 0.3) is 11.0 Å². The number of hydrogen-bond donors (Lipinski definition) is 1. The van der Waals surface area contributed by atoms with E-state index < -0.39 is 5.60 Å². The molecule has 2 amide bonds. The number of carbonyl (C=O) groups excluding carboxylic acids is 2. The van der Waals surface area contributed by atoms with Gasteiger partial charge in [-0.05, 0) is 51.8 Å². The number of aromatic nitrogens is 4. The predicted octanol–water partition coefficient (Wildman–Crippen LogP) is 3.06. The Morgan fingerprint density at radius 3 is 2.31 bits per heavy atom. The second-order valence-electron chi connectivity index (χ2n) is 11.2. The molecule has 208 valence electrons. The summed E-state index contributed by atoms with van der Waals surface area (Å²) >= 11 is 0. The topological polar surface area (TPSA) is 112 Å². The van der Waals surface area contributed by atoms with Gasteiger partial charge in [-0.2, -0.15) is 4.98 Å². The number of nitrogens with zero attached hydrogens (tertiary/aromatic N) is 8. The summed E-state index contributed by atoms with van der Waals surface area (Å²) in [7, 11) is 3.51. The standard InChI is InChI=1S/C27H37N9O3/c1-27(2,3)39-26(38)34-14-12-33(13-15-34)20-8-9-22(28-18-20)30-25-29-17-19-16-21(24(37)32(4)5)36(23(19)31-25)35-10-6-7-11-35/h8-9,16-18H,6-7,10-15H2,1-5H3,(H,28,29,30,31). The lowest BCUT2D eigenvalue weighted by Crippen LogP contribution is -2.50. The van der Waals surface area contributed by atoms with Gasteiger partial charge in [-0.15, -0.1) is 0 Å². The van der Waals surface area contributed by atoms with E-state index in [1.165, 1.54) is 0 Å². The minimum atomic E-state index is -0.502. The van der Waals surface area contributed by atoms with Crippen molar-refractivity contribution >= 4 is 40.5 Å². The van der Waals surface area contributed by atoms with Crippen molar-refractivity contribution in [2.45, 2.75) is 39.2 Å². The first-order valence-corrected chi connectivity index (χ1v) is 13.4. The summed E-state index contributed by atoms with van der Waals surface area (Å²) in [6.45, 7) is 9.97. The molecule has 2 fully saturated rings. The predicted molar refractivity (Wildman–Crippen MR) is 150 cm³/mol. The van der Waals surface area contributed by atoms with Crippen LogP contribution < -0.4 is 15.2 Å². The molecule has 5 heterocycles. The average Bonchev–Trinajstić information content (AvgIpc) is 3.55. The van der Waals surface area contributed by atoms with Crippen LogP contribution in [0.3, 0.4) is 0 Å². The Bertz CT molecular complexity index is 1330. The summed E-state index contributed by atoms with van der Waals surface area (Å²) in [5.41, 5.74) is 1.76. The lowest BCUT2D eigenvalue weighted by Gasteiger charge is -2.36. The fourth-order valence-corrected chi connectivity index (χ4v) is 4.84. The van der Waals surface area contributed by atoms with Crippen molar-refractivity contribution in [1.82, 2.24) is 29.4 Å². The molecule has 0 atom stereocenters. The highest BCUT2D eigenvalue weighted by molar-refractivity contribution is 5.98. The number of fused-ring (bicyclic) bond motifs is 1. The smallest absolute Gasteiger partial charge is 0.410 e. The van der Waals surface area contributed by atoms with Crippen molar-refractivity contribution in [3.63, 3.8) is 0 Å². The van der Waals surface area contributed by atoms with E-state index in [0.717, 1.165) is 37.0 Å². The molecule has 12 nitrogen and oxygen atoms in total. The first kappa shape index (κ1) is 26.5. The van der Waals surface area contributed by atoms with Gasteiger partial charge < -0.3 is 29.8 Å². The fraction of sp³-hybridized carbons (Fsp3) is 0.519. The summed E-state index contributed by atoms with van der Waals surface area (Å²) in [6.07, 6.45) is 5.44. The molecule has 1 N–H and O–H groups in total. The van der Waals surface area contributed by atoms with Crippen molar-refractivity contribution in [3.05, 3.63) is 36.3 Å². The lowest BCUT2D eigenvalue weighted by atomic mass is 10.2. The Morgan fingerprint density at radius 1 is 0.974 bits per heavy atom. The Hall–Kier alpha value is -4.09. The van der Waals surface area contributed by atoms with Gasteiger partial charge in [0.25, 0.3) is 5.91 Å². The van der Waals surface area contributed by atoms with E-state index in [-0.39, 0.29) is 12.0 Å². The molecule has 2 aliphatic heterocycles. The summed E-state index contributed by atoms with van der Waals surface area (Å²) in [5, 5.41) is 6.18. The Kier molecular flexibility index (Phi) is 7.19. The number of ether oxygens (including phenoxy) is 1. The van der Waals surface area contributed by atoms with Crippen LogP contribution in [0.15, 0.2) is 30.6 Å². The van der Waals surface area contributed by atoms with Crippen molar-refractivity contribution in [2.75, 3.05) is 68.6 Å². The molecule has 0 spiro atoms. The Labute approximate surface area is 228 Å². The normalized spacial score (nSPS) is 16.1. The number of anilines is 3. The van der Waals surface area contributed by atoms with Crippen molar-refractivity contribution in [3.8, 4) is 0 Å². The zero-order chi connectivity index (χ0) is 27.7. The van der Waals surface area contributed by atoms with Crippen LogP contribution in [0.5, 0.6) is 0 Å². The average molecular weight is 536 g/mol. The summed E-state index contributed by atoms with van der Waals surface area (Å²) in [4.78, 5) is 44.6. The van der Waals surface area contributed by atoms with E-state index in [1.54, 1.807) is 30.1 Å². The molecule has 12 heteroatoms. The number of nitrogens with one attached hydrogen (secondary N) is 1. The third-order valence-corrected chi connectivity index (χ3v) is 6.79. The number of carbonyl (C=O) groups is 2. The molecule has 3 aromatic heterocycles. The molecule has 2 aliphatic rings. The molecule has 2 saturated heterocycles. The third-order valence-electron chi connectivity index (χ3n) is 6.79. The molecule has 0 aliphatic carbocycles. The maximum atomic E-state index is 12.9. The molecule has 0 unspecified atom stereocenters. The van der Waals surface area contributed by atoms with Crippen LogP contribution in [0.1, 0.15) is 44.1 Å². The Morgan fingerprint density at radius 2 is 1.69 bits per heavy atom. The van der Waals surface area contributed by atoms with Gasteiger partial charge in [0.1, 0.15) is 17.1 Å². The van der Waals surface area contributed by atoms with Crippen molar-refractivity contribution in [2.24, 2.45) is 0 Å². The molecular weight excluding hydrogens is 498 g/mol. The Balaban J connectivity index is 1.28. The van der Waals surface area contributed by atoms with Crippen LogP contribution in [-0.4, -0.2) is 100 Å². The number of piperazine rings is 1. The number of amides is 2. The van der Waals surface area contributed by atoms with Gasteiger partial charge in [0, 0.05) is 64.9 Å². The molecular formula is C27H37N9O3. The molecule has 5 rings (SSSR count).